The zero-order valence-electron chi connectivity index (χ0n) is 12.1. The fourth-order valence-electron chi connectivity index (χ4n) is 3.19. The quantitative estimate of drug-likeness (QED) is 0.798. The van der Waals surface area contributed by atoms with E-state index in [0.717, 1.165) is 12.8 Å². The van der Waals surface area contributed by atoms with Crippen LogP contribution in [0.5, 0.6) is 0 Å². The molecule has 7 nitrogen and oxygen atoms in total. The summed E-state index contributed by atoms with van der Waals surface area (Å²) in [6.07, 6.45) is 4.49. The number of hydrogen-bond donors (Lipinski definition) is 0. The van der Waals surface area contributed by atoms with Crippen molar-refractivity contribution in [2.45, 2.75) is 38.0 Å². The van der Waals surface area contributed by atoms with E-state index in [9.17, 15) is 13.2 Å². The summed E-state index contributed by atoms with van der Waals surface area (Å²) in [5.41, 5.74) is 0.435. The first-order valence-corrected chi connectivity index (χ1v) is 9.36. The molecule has 8 heteroatoms. The lowest BCUT2D eigenvalue weighted by atomic mass is 10.2. The van der Waals surface area contributed by atoms with E-state index in [2.05, 4.69) is 10.00 Å². The van der Waals surface area contributed by atoms with Gasteiger partial charge < -0.3 is 0 Å². The van der Waals surface area contributed by atoms with Crippen LogP contribution in [0.15, 0.2) is 29.2 Å². The number of fused-ring (bicyclic) bond motifs is 1. The molecule has 4 rings (SSSR count). The summed E-state index contributed by atoms with van der Waals surface area (Å²) in [6, 6.07) is 5.82. The molecule has 1 saturated heterocycles. The van der Waals surface area contributed by atoms with Crippen LogP contribution in [0.2, 0.25) is 0 Å². The molecule has 2 aliphatic rings. The van der Waals surface area contributed by atoms with E-state index in [4.69, 9.17) is 0 Å². The SMILES string of the molecule is O=c1n(CN(C2CC2)C2CCS(=O)(=O)C2)nc2ccccn12. The fraction of sp³-hybridized carbons (Fsp3) is 0.571. The van der Waals surface area contributed by atoms with Gasteiger partial charge in [-0.2, -0.15) is 4.68 Å². The first-order chi connectivity index (χ1) is 10.5. The van der Waals surface area contributed by atoms with Crippen molar-refractivity contribution in [1.29, 1.82) is 0 Å². The summed E-state index contributed by atoms with van der Waals surface area (Å²) in [4.78, 5) is 14.5. The lowest BCUT2D eigenvalue weighted by Crippen LogP contribution is -2.42. The summed E-state index contributed by atoms with van der Waals surface area (Å²) in [7, 11) is -2.93. The van der Waals surface area contributed by atoms with Crippen LogP contribution in [-0.4, -0.2) is 51.1 Å². The monoisotopic (exact) mass is 322 g/mol. The van der Waals surface area contributed by atoms with Crippen molar-refractivity contribution < 1.29 is 8.42 Å². The average molecular weight is 322 g/mol. The molecule has 0 amide bonds. The zero-order chi connectivity index (χ0) is 15.3. The van der Waals surface area contributed by atoms with Crippen LogP contribution in [0.4, 0.5) is 0 Å². The Kier molecular flexibility index (Phi) is 3.12. The Morgan fingerprint density at radius 3 is 2.68 bits per heavy atom. The molecule has 1 unspecified atom stereocenters. The van der Waals surface area contributed by atoms with Gasteiger partial charge >= 0.3 is 5.69 Å². The van der Waals surface area contributed by atoms with Crippen LogP contribution in [0.25, 0.3) is 5.65 Å². The summed E-state index contributed by atoms with van der Waals surface area (Å²) >= 11 is 0. The van der Waals surface area contributed by atoms with Crippen molar-refractivity contribution in [3.8, 4) is 0 Å². The van der Waals surface area contributed by atoms with Gasteiger partial charge in [0, 0.05) is 18.3 Å². The third kappa shape index (κ3) is 2.46. The van der Waals surface area contributed by atoms with Crippen molar-refractivity contribution in [3.05, 3.63) is 34.9 Å². The van der Waals surface area contributed by atoms with E-state index in [0.29, 0.717) is 24.8 Å². The van der Waals surface area contributed by atoms with Gasteiger partial charge in [-0.3, -0.25) is 9.30 Å². The topological polar surface area (TPSA) is 76.7 Å². The normalized spacial score (nSPS) is 24.3. The van der Waals surface area contributed by atoms with Gasteiger partial charge in [-0.1, -0.05) is 6.07 Å². The minimum Gasteiger partial charge on any atom is -0.277 e. The van der Waals surface area contributed by atoms with Crippen LogP contribution in [0.3, 0.4) is 0 Å². The largest absolute Gasteiger partial charge is 0.351 e. The Labute approximate surface area is 128 Å². The van der Waals surface area contributed by atoms with Crippen molar-refractivity contribution in [2.24, 2.45) is 0 Å². The maximum Gasteiger partial charge on any atom is 0.351 e. The molecule has 0 aromatic carbocycles. The molecule has 1 aliphatic carbocycles. The molecular formula is C14H18N4O3S. The molecule has 1 atom stereocenters. The van der Waals surface area contributed by atoms with Gasteiger partial charge in [0.05, 0.1) is 18.2 Å². The number of rotatable bonds is 4. The molecule has 1 saturated carbocycles. The van der Waals surface area contributed by atoms with Gasteiger partial charge in [0.2, 0.25) is 0 Å². The Morgan fingerprint density at radius 2 is 2.05 bits per heavy atom. The number of nitrogens with zero attached hydrogens (tertiary/aromatic N) is 4. The van der Waals surface area contributed by atoms with Gasteiger partial charge in [0.15, 0.2) is 15.5 Å². The Balaban J connectivity index is 1.64. The van der Waals surface area contributed by atoms with E-state index in [1.165, 1.54) is 9.08 Å². The highest BCUT2D eigenvalue weighted by Crippen LogP contribution is 2.32. The second kappa shape index (κ2) is 4.92. The smallest absolute Gasteiger partial charge is 0.277 e. The second-order valence-electron chi connectivity index (χ2n) is 6.15. The first kappa shape index (κ1) is 14.0. The number of aromatic nitrogens is 3. The Bertz CT molecular complexity index is 866. The molecule has 0 N–H and O–H groups in total. The predicted molar refractivity (Wildman–Crippen MR) is 81.4 cm³/mol. The lowest BCUT2D eigenvalue weighted by molar-refractivity contribution is 0.144. The van der Waals surface area contributed by atoms with E-state index in [1.807, 2.05) is 6.07 Å². The molecule has 1 aliphatic heterocycles. The van der Waals surface area contributed by atoms with Crippen molar-refractivity contribution in [3.63, 3.8) is 0 Å². The van der Waals surface area contributed by atoms with E-state index in [1.54, 1.807) is 18.3 Å². The molecule has 2 fully saturated rings. The molecule has 3 heterocycles. The highest BCUT2D eigenvalue weighted by molar-refractivity contribution is 7.91. The molecule has 0 radical (unpaired) electrons. The standard InChI is InChI=1S/C14H18N4O3S/c19-14-16-7-2-1-3-13(16)15-18(14)10-17(11-4-5-11)12-6-8-22(20,21)9-12/h1-3,7,11-12H,4-6,8-10H2. The Hall–Kier alpha value is -1.67. The number of sulfone groups is 1. The summed E-state index contributed by atoms with van der Waals surface area (Å²) in [5.74, 6) is 0.451. The predicted octanol–water partition coefficient (Wildman–Crippen LogP) is 0.105. The van der Waals surface area contributed by atoms with Crippen LogP contribution in [-0.2, 0) is 16.5 Å². The van der Waals surface area contributed by atoms with Crippen LogP contribution in [0, 0.1) is 0 Å². The maximum atomic E-state index is 12.4. The molecule has 0 spiro atoms. The fourth-order valence-corrected chi connectivity index (χ4v) is 4.93. The molecule has 2 aromatic heterocycles. The number of hydrogen-bond acceptors (Lipinski definition) is 5. The maximum absolute atomic E-state index is 12.4. The summed E-state index contributed by atoms with van der Waals surface area (Å²) in [5, 5.41) is 4.35. The van der Waals surface area contributed by atoms with Crippen LogP contribution >= 0.6 is 0 Å². The third-order valence-corrected chi connectivity index (χ3v) is 6.23. The highest BCUT2D eigenvalue weighted by Gasteiger charge is 2.40. The van der Waals surface area contributed by atoms with Gasteiger partial charge in [-0.05, 0) is 31.4 Å². The molecule has 2 aromatic rings. The van der Waals surface area contributed by atoms with Gasteiger partial charge in [0.1, 0.15) is 0 Å². The minimum absolute atomic E-state index is 0.00853. The molecule has 0 bridgehead atoms. The molecule has 22 heavy (non-hydrogen) atoms. The van der Waals surface area contributed by atoms with E-state index >= 15 is 0 Å². The van der Waals surface area contributed by atoms with Crippen molar-refractivity contribution >= 4 is 15.5 Å². The zero-order valence-corrected chi connectivity index (χ0v) is 12.9. The highest BCUT2D eigenvalue weighted by atomic mass is 32.2. The van der Waals surface area contributed by atoms with E-state index in [-0.39, 0.29) is 23.2 Å². The van der Waals surface area contributed by atoms with Crippen LogP contribution < -0.4 is 5.69 Å². The Morgan fingerprint density at radius 1 is 1.23 bits per heavy atom. The van der Waals surface area contributed by atoms with Crippen molar-refractivity contribution in [1.82, 2.24) is 19.1 Å². The second-order valence-corrected chi connectivity index (χ2v) is 8.38. The lowest BCUT2D eigenvalue weighted by Gasteiger charge is -2.27. The van der Waals surface area contributed by atoms with Crippen molar-refractivity contribution in [2.75, 3.05) is 11.5 Å². The van der Waals surface area contributed by atoms with Crippen LogP contribution in [0.1, 0.15) is 19.3 Å². The van der Waals surface area contributed by atoms with Gasteiger partial charge in [-0.15, -0.1) is 5.10 Å². The number of pyridine rings is 1. The summed E-state index contributed by atoms with van der Waals surface area (Å²) in [6.45, 7) is 0.366. The summed E-state index contributed by atoms with van der Waals surface area (Å²) < 4.78 is 26.4. The average Bonchev–Trinajstić information content (AvgIpc) is 3.20. The van der Waals surface area contributed by atoms with Gasteiger partial charge in [0.25, 0.3) is 0 Å². The third-order valence-electron chi connectivity index (χ3n) is 4.48. The van der Waals surface area contributed by atoms with E-state index < -0.39 is 9.84 Å². The minimum atomic E-state index is -2.93. The first-order valence-electron chi connectivity index (χ1n) is 7.54. The molecule has 118 valence electrons. The van der Waals surface area contributed by atoms with Gasteiger partial charge in [-0.25, -0.2) is 13.2 Å². The molecular weight excluding hydrogens is 304 g/mol.